The second-order valence-corrected chi connectivity index (χ2v) is 4.71. The molecule has 0 unspecified atom stereocenters. The van der Waals surface area contributed by atoms with Crippen molar-refractivity contribution in [3.05, 3.63) is 36.7 Å². The van der Waals surface area contributed by atoms with Gasteiger partial charge < -0.3 is 15.4 Å². The van der Waals surface area contributed by atoms with Gasteiger partial charge in [-0.1, -0.05) is 13.8 Å². The first-order valence-electron chi connectivity index (χ1n) is 7.37. The van der Waals surface area contributed by atoms with Crippen LogP contribution >= 0.6 is 0 Å². The average Bonchev–Trinajstić information content (AvgIpc) is 2.53. The average molecular weight is 286 g/mol. The predicted octanol–water partition coefficient (Wildman–Crippen LogP) is 3.83. The molecule has 0 aliphatic carbocycles. The third kappa shape index (κ3) is 4.95. The maximum atomic E-state index is 5.56. The van der Waals surface area contributed by atoms with E-state index < -0.39 is 0 Å². The lowest BCUT2D eigenvalue weighted by molar-refractivity contribution is 0.317. The summed E-state index contributed by atoms with van der Waals surface area (Å²) in [5.41, 5.74) is 0.959. The molecule has 0 spiro atoms. The van der Waals surface area contributed by atoms with Gasteiger partial charge in [-0.2, -0.15) is 0 Å². The van der Waals surface area contributed by atoms with Crippen LogP contribution in [0.3, 0.4) is 0 Å². The molecule has 1 heterocycles. The van der Waals surface area contributed by atoms with Gasteiger partial charge in [-0.25, -0.2) is 4.98 Å². The van der Waals surface area contributed by atoms with Crippen molar-refractivity contribution >= 4 is 17.3 Å². The topological polar surface area (TPSA) is 59.1 Å². The van der Waals surface area contributed by atoms with E-state index in [0.717, 1.165) is 49.1 Å². The van der Waals surface area contributed by atoms with Crippen LogP contribution in [0, 0.1) is 0 Å². The molecular weight excluding hydrogens is 264 g/mol. The van der Waals surface area contributed by atoms with Crippen LogP contribution in [0.4, 0.5) is 17.3 Å². The maximum Gasteiger partial charge on any atom is 0.151 e. The van der Waals surface area contributed by atoms with Gasteiger partial charge in [0.1, 0.15) is 11.6 Å². The highest BCUT2D eigenvalue weighted by Gasteiger charge is 2.00. The van der Waals surface area contributed by atoms with Crippen LogP contribution in [0.25, 0.3) is 0 Å². The first kappa shape index (κ1) is 15.1. The third-order valence-corrected chi connectivity index (χ3v) is 2.79. The SMILES string of the molecule is CCCNc1cncc(Nc2ccc(OCCC)cc2)n1. The molecule has 0 aliphatic rings. The molecule has 0 atom stereocenters. The van der Waals surface area contributed by atoms with Crippen LogP contribution in [0.2, 0.25) is 0 Å². The Morgan fingerprint density at radius 2 is 1.76 bits per heavy atom. The number of aromatic nitrogens is 2. The number of rotatable bonds is 8. The minimum absolute atomic E-state index is 0.721. The Bertz CT molecular complexity index is 542. The molecule has 5 heteroatoms. The first-order chi connectivity index (χ1) is 10.3. The fraction of sp³-hybridized carbons (Fsp3) is 0.375. The fourth-order valence-corrected chi connectivity index (χ4v) is 1.77. The largest absolute Gasteiger partial charge is 0.494 e. The normalized spacial score (nSPS) is 10.2. The summed E-state index contributed by atoms with van der Waals surface area (Å²) in [6.07, 6.45) is 5.49. The van der Waals surface area contributed by atoms with Gasteiger partial charge in [-0.15, -0.1) is 0 Å². The summed E-state index contributed by atoms with van der Waals surface area (Å²) >= 11 is 0. The zero-order valence-corrected chi connectivity index (χ0v) is 12.6. The molecule has 112 valence electrons. The van der Waals surface area contributed by atoms with E-state index in [1.54, 1.807) is 12.4 Å². The molecule has 21 heavy (non-hydrogen) atoms. The van der Waals surface area contributed by atoms with E-state index in [2.05, 4.69) is 34.4 Å². The van der Waals surface area contributed by atoms with E-state index in [1.165, 1.54) is 0 Å². The van der Waals surface area contributed by atoms with Crippen molar-refractivity contribution in [1.29, 1.82) is 0 Å². The summed E-state index contributed by atoms with van der Waals surface area (Å²) in [6.45, 7) is 5.84. The summed E-state index contributed by atoms with van der Waals surface area (Å²) in [7, 11) is 0. The Morgan fingerprint density at radius 1 is 1.00 bits per heavy atom. The van der Waals surface area contributed by atoms with Crippen LogP contribution in [-0.2, 0) is 0 Å². The van der Waals surface area contributed by atoms with Gasteiger partial charge in [0, 0.05) is 12.2 Å². The number of hydrogen-bond donors (Lipinski definition) is 2. The molecule has 2 aromatic rings. The summed E-state index contributed by atoms with van der Waals surface area (Å²) in [5.74, 6) is 2.38. The van der Waals surface area contributed by atoms with Gasteiger partial charge in [0.2, 0.25) is 0 Å². The lowest BCUT2D eigenvalue weighted by atomic mass is 10.3. The van der Waals surface area contributed by atoms with E-state index in [0.29, 0.717) is 0 Å². The van der Waals surface area contributed by atoms with Crippen LogP contribution in [0.1, 0.15) is 26.7 Å². The molecule has 0 saturated heterocycles. The highest BCUT2D eigenvalue weighted by molar-refractivity contribution is 5.57. The molecule has 2 rings (SSSR count). The van der Waals surface area contributed by atoms with E-state index in [-0.39, 0.29) is 0 Å². The third-order valence-electron chi connectivity index (χ3n) is 2.79. The van der Waals surface area contributed by atoms with E-state index >= 15 is 0 Å². The van der Waals surface area contributed by atoms with Gasteiger partial charge in [0.05, 0.1) is 19.0 Å². The standard InChI is InChI=1S/C16H22N4O/c1-3-9-18-15-11-17-12-16(20-15)19-13-5-7-14(8-6-13)21-10-4-2/h5-8,11-12H,3-4,9-10H2,1-2H3,(H2,18,19,20). The molecule has 0 fully saturated rings. The molecule has 2 N–H and O–H groups in total. The Labute approximate surface area is 125 Å². The van der Waals surface area contributed by atoms with Crippen molar-refractivity contribution in [3.8, 4) is 5.75 Å². The second-order valence-electron chi connectivity index (χ2n) is 4.71. The fourth-order valence-electron chi connectivity index (χ4n) is 1.77. The van der Waals surface area contributed by atoms with Gasteiger partial charge in [0.15, 0.2) is 5.82 Å². The quantitative estimate of drug-likeness (QED) is 0.772. The Morgan fingerprint density at radius 3 is 2.48 bits per heavy atom. The smallest absolute Gasteiger partial charge is 0.151 e. The minimum atomic E-state index is 0.721. The molecule has 0 saturated carbocycles. The highest BCUT2D eigenvalue weighted by atomic mass is 16.5. The van der Waals surface area contributed by atoms with Crippen LogP contribution in [-0.4, -0.2) is 23.1 Å². The second kappa shape index (κ2) is 8.09. The van der Waals surface area contributed by atoms with Gasteiger partial charge in [0.25, 0.3) is 0 Å². The molecular formula is C16H22N4O. The van der Waals surface area contributed by atoms with Crippen LogP contribution in [0.5, 0.6) is 5.75 Å². The Kier molecular flexibility index (Phi) is 5.82. The van der Waals surface area contributed by atoms with E-state index in [9.17, 15) is 0 Å². The number of benzene rings is 1. The molecule has 0 radical (unpaired) electrons. The van der Waals surface area contributed by atoms with Crippen molar-refractivity contribution < 1.29 is 4.74 Å². The monoisotopic (exact) mass is 286 g/mol. The summed E-state index contributed by atoms with van der Waals surface area (Å²) in [4.78, 5) is 8.64. The van der Waals surface area contributed by atoms with Gasteiger partial charge >= 0.3 is 0 Å². The van der Waals surface area contributed by atoms with Crippen molar-refractivity contribution in [2.75, 3.05) is 23.8 Å². The number of anilines is 3. The summed E-state index contributed by atoms with van der Waals surface area (Å²) < 4.78 is 5.56. The molecule has 0 amide bonds. The number of hydrogen-bond acceptors (Lipinski definition) is 5. The highest BCUT2D eigenvalue weighted by Crippen LogP contribution is 2.19. The van der Waals surface area contributed by atoms with Gasteiger partial charge in [-0.05, 0) is 37.1 Å². The van der Waals surface area contributed by atoms with Crippen LogP contribution in [0.15, 0.2) is 36.7 Å². The zero-order valence-electron chi connectivity index (χ0n) is 12.6. The molecule has 1 aromatic carbocycles. The number of ether oxygens (including phenoxy) is 1. The van der Waals surface area contributed by atoms with Gasteiger partial charge in [-0.3, -0.25) is 4.98 Å². The van der Waals surface area contributed by atoms with Crippen molar-refractivity contribution in [3.63, 3.8) is 0 Å². The van der Waals surface area contributed by atoms with Crippen molar-refractivity contribution in [2.45, 2.75) is 26.7 Å². The van der Waals surface area contributed by atoms with Crippen molar-refractivity contribution in [1.82, 2.24) is 9.97 Å². The Balaban J connectivity index is 1.97. The zero-order chi connectivity index (χ0) is 14.9. The molecule has 5 nitrogen and oxygen atoms in total. The summed E-state index contributed by atoms with van der Waals surface area (Å²) in [5, 5.41) is 6.45. The summed E-state index contributed by atoms with van der Waals surface area (Å²) in [6, 6.07) is 7.84. The first-order valence-corrected chi connectivity index (χ1v) is 7.37. The molecule has 0 aliphatic heterocycles. The van der Waals surface area contributed by atoms with Crippen LogP contribution < -0.4 is 15.4 Å². The van der Waals surface area contributed by atoms with E-state index in [1.807, 2.05) is 24.3 Å². The molecule has 1 aromatic heterocycles. The molecule has 0 bridgehead atoms. The van der Waals surface area contributed by atoms with E-state index in [4.69, 9.17) is 4.74 Å². The Hall–Kier alpha value is -2.30. The minimum Gasteiger partial charge on any atom is -0.494 e. The number of nitrogens with zero attached hydrogens (tertiary/aromatic N) is 2. The predicted molar refractivity (Wildman–Crippen MR) is 86.3 cm³/mol. The lowest BCUT2D eigenvalue weighted by Gasteiger charge is -2.09. The lowest BCUT2D eigenvalue weighted by Crippen LogP contribution is -2.04. The number of nitrogens with one attached hydrogen (secondary N) is 2. The maximum absolute atomic E-state index is 5.56. The van der Waals surface area contributed by atoms with Crippen molar-refractivity contribution in [2.24, 2.45) is 0 Å².